The van der Waals surface area contributed by atoms with Crippen molar-refractivity contribution in [2.45, 2.75) is 52.1 Å². The molecule has 2 saturated heterocycles. The van der Waals surface area contributed by atoms with Crippen LogP contribution in [0.15, 0.2) is 35.3 Å². The Morgan fingerprint density at radius 3 is 2.66 bits per heavy atom. The van der Waals surface area contributed by atoms with E-state index in [1.54, 1.807) is 18.2 Å². The highest BCUT2D eigenvalue weighted by molar-refractivity contribution is 6.53. The monoisotopic (exact) mass is 397 g/mol. The molecule has 4 rings (SSSR count). The molecule has 2 aliphatic heterocycles. The van der Waals surface area contributed by atoms with Gasteiger partial charge in [-0.25, -0.2) is 0 Å². The standard InChI is InChI=1S/C22H28BNO5/c1-3-6-14-11-17-19(22(27)24(9-4-2)21(17)26)16-12-18(29-23(28)20(14)16)13-7-5-8-15(25)10-13/h5,7-8,10,16-19,25,28H,3-4,6,9,11-12H2,1-2H3/t16-,17-,18-,19+/m0/s1. The lowest BCUT2D eigenvalue weighted by Gasteiger charge is -2.42. The summed E-state index contributed by atoms with van der Waals surface area (Å²) >= 11 is 0. The van der Waals surface area contributed by atoms with Crippen molar-refractivity contribution in [3.8, 4) is 5.75 Å². The summed E-state index contributed by atoms with van der Waals surface area (Å²) in [4.78, 5) is 27.6. The molecule has 6 nitrogen and oxygen atoms in total. The fourth-order valence-electron chi connectivity index (χ4n) is 5.40. The second-order valence-electron chi connectivity index (χ2n) is 8.39. The molecule has 0 radical (unpaired) electrons. The van der Waals surface area contributed by atoms with E-state index >= 15 is 0 Å². The Morgan fingerprint density at radius 2 is 1.97 bits per heavy atom. The summed E-state index contributed by atoms with van der Waals surface area (Å²) < 4.78 is 5.94. The molecule has 0 saturated carbocycles. The van der Waals surface area contributed by atoms with Gasteiger partial charge in [-0.3, -0.25) is 14.5 Å². The highest BCUT2D eigenvalue weighted by Gasteiger charge is 2.57. The Labute approximate surface area is 171 Å². The topological polar surface area (TPSA) is 87.1 Å². The average Bonchev–Trinajstić information content (AvgIpc) is 2.93. The van der Waals surface area contributed by atoms with Crippen molar-refractivity contribution in [2.24, 2.45) is 17.8 Å². The number of benzene rings is 1. The molecule has 0 spiro atoms. The van der Waals surface area contributed by atoms with Crippen LogP contribution in [0, 0.1) is 17.8 Å². The second kappa shape index (κ2) is 7.96. The lowest BCUT2D eigenvalue weighted by Crippen LogP contribution is -2.44. The molecule has 0 unspecified atom stereocenters. The van der Waals surface area contributed by atoms with Crippen LogP contribution in [0.1, 0.15) is 57.6 Å². The van der Waals surface area contributed by atoms with Crippen LogP contribution in [0.2, 0.25) is 0 Å². The van der Waals surface area contributed by atoms with Crippen LogP contribution in [-0.2, 0) is 14.2 Å². The summed E-state index contributed by atoms with van der Waals surface area (Å²) in [5.74, 6) is -1.02. The van der Waals surface area contributed by atoms with Gasteiger partial charge >= 0.3 is 7.12 Å². The van der Waals surface area contributed by atoms with Gasteiger partial charge < -0.3 is 14.8 Å². The van der Waals surface area contributed by atoms with Gasteiger partial charge in [0.15, 0.2) is 0 Å². The molecular weight excluding hydrogens is 369 g/mol. The van der Waals surface area contributed by atoms with Crippen molar-refractivity contribution in [1.82, 2.24) is 4.90 Å². The first kappa shape index (κ1) is 20.2. The fourth-order valence-corrected chi connectivity index (χ4v) is 5.40. The van der Waals surface area contributed by atoms with Gasteiger partial charge in [-0.2, -0.15) is 0 Å². The summed E-state index contributed by atoms with van der Waals surface area (Å²) in [5, 5.41) is 20.7. The number of carbonyl (C=O) groups is 2. The average molecular weight is 397 g/mol. The lowest BCUT2D eigenvalue weighted by atomic mass is 9.54. The largest absolute Gasteiger partial charge is 0.508 e. The van der Waals surface area contributed by atoms with Gasteiger partial charge in [0.2, 0.25) is 11.8 Å². The fraction of sp³-hybridized carbons (Fsp3) is 0.545. The molecule has 2 heterocycles. The molecule has 2 fully saturated rings. The molecule has 4 atom stereocenters. The van der Waals surface area contributed by atoms with Crippen molar-refractivity contribution in [3.05, 3.63) is 40.9 Å². The van der Waals surface area contributed by atoms with Gasteiger partial charge in [0, 0.05) is 6.54 Å². The molecule has 3 aliphatic rings. The number of hydrogen-bond acceptors (Lipinski definition) is 5. The Hall–Kier alpha value is -2.12. The number of phenolic OH excluding ortho intramolecular Hbond substituents is 1. The van der Waals surface area contributed by atoms with Crippen LogP contribution in [0.4, 0.5) is 0 Å². The molecule has 1 aliphatic carbocycles. The summed E-state index contributed by atoms with van der Waals surface area (Å²) in [6.45, 7) is 4.49. The van der Waals surface area contributed by atoms with E-state index in [2.05, 4.69) is 6.92 Å². The van der Waals surface area contributed by atoms with Crippen molar-refractivity contribution in [1.29, 1.82) is 0 Å². The Balaban J connectivity index is 1.73. The summed E-state index contributed by atoms with van der Waals surface area (Å²) in [6.07, 6.45) is 3.06. The number of phenols is 1. The van der Waals surface area contributed by atoms with E-state index in [1.807, 2.05) is 13.0 Å². The molecule has 29 heavy (non-hydrogen) atoms. The molecule has 7 heteroatoms. The highest BCUT2D eigenvalue weighted by Crippen LogP contribution is 2.52. The summed E-state index contributed by atoms with van der Waals surface area (Å²) in [6, 6.07) is 6.81. The maximum absolute atomic E-state index is 13.2. The van der Waals surface area contributed by atoms with Gasteiger partial charge in [0.25, 0.3) is 0 Å². The number of imide groups is 1. The van der Waals surface area contributed by atoms with Gasteiger partial charge in [-0.1, -0.05) is 38.0 Å². The van der Waals surface area contributed by atoms with Crippen LogP contribution < -0.4 is 0 Å². The van der Waals surface area contributed by atoms with Gasteiger partial charge in [-0.05, 0) is 54.8 Å². The number of fused-ring (bicyclic) bond motifs is 3. The predicted octanol–water partition coefficient (Wildman–Crippen LogP) is 3.00. The smallest absolute Gasteiger partial charge is 0.487 e. The minimum atomic E-state index is -1.09. The van der Waals surface area contributed by atoms with E-state index in [9.17, 15) is 19.7 Å². The van der Waals surface area contributed by atoms with Crippen LogP contribution in [0.25, 0.3) is 0 Å². The Kier molecular flexibility index (Phi) is 5.53. The zero-order valence-electron chi connectivity index (χ0n) is 17.0. The van der Waals surface area contributed by atoms with Crippen molar-refractivity contribution < 1.29 is 24.4 Å². The van der Waals surface area contributed by atoms with Crippen LogP contribution in [-0.4, -0.2) is 40.5 Å². The van der Waals surface area contributed by atoms with Crippen molar-refractivity contribution in [3.63, 3.8) is 0 Å². The van der Waals surface area contributed by atoms with Gasteiger partial charge in [0.05, 0.1) is 17.9 Å². The van der Waals surface area contributed by atoms with Crippen LogP contribution >= 0.6 is 0 Å². The molecule has 0 aromatic heterocycles. The first-order chi connectivity index (χ1) is 14.0. The molecule has 2 N–H and O–H groups in total. The zero-order chi connectivity index (χ0) is 20.7. The van der Waals surface area contributed by atoms with Crippen molar-refractivity contribution in [2.75, 3.05) is 6.54 Å². The van der Waals surface area contributed by atoms with Crippen LogP contribution in [0.3, 0.4) is 0 Å². The number of aromatic hydroxyl groups is 1. The highest BCUT2D eigenvalue weighted by atomic mass is 16.5. The maximum atomic E-state index is 13.2. The number of amides is 2. The number of allylic oxidation sites excluding steroid dienone is 2. The predicted molar refractivity (Wildman–Crippen MR) is 109 cm³/mol. The summed E-state index contributed by atoms with van der Waals surface area (Å²) in [7, 11) is -1.09. The molecule has 1 aromatic rings. The molecule has 2 amide bonds. The minimum absolute atomic E-state index is 0.0654. The second-order valence-corrected chi connectivity index (χ2v) is 8.39. The van der Waals surface area contributed by atoms with Crippen LogP contribution in [0.5, 0.6) is 5.75 Å². The Morgan fingerprint density at radius 1 is 1.17 bits per heavy atom. The normalized spacial score (nSPS) is 29.3. The Bertz CT molecular complexity index is 853. The quantitative estimate of drug-likeness (QED) is 0.589. The van der Waals surface area contributed by atoms with E-state index < -0.39 is 19.1 Å². The van der Waals surface area contributed by atoms with Crippen molar-refractivity contribution >= 4 is 18.9 Å². The third kappa shape index (κ3) is 3.40. The molecular formula is C22H28BNO5. The number of nitrogens with zero attached hydrogens (tertiary/aromatic N) is 1. The lowest BCUT2D eigenvalue weighted by molar-refractivity contribution is -0.140. The van der Waals surface area contributed by atoms with E-state index in [4.69, 9.17) is 4.65 Å². The molecule has 154 valence electrons. The summed E-state index contributed by atoms with van der Waals surface area (Å²) in [5.41, 5.74) is 2.65. The maximum Gasteiger partial charge on any atom is 0.487 e. The van der Waals surface area contributed by atoms with E-state index in [0.29, 0.717) is 19.4 Å². The van der Waals surface area contributed by atoms with Gasteiger partial charge in [-0.15, -0.1) is 0 Å². The SMILES string of the molecule is CCCC1=C2B(O)O[C@H](c3cccc(O)c3)C[C@H]2[C@H]2C(=O)N(CCC)C(=O)[C@H]2C1. The number of hydrogen-bond donors (Lipinski definition) is 2. The first-order valence-corrected chi connectivity index (χ1v) is 10.7. The third-order valence-electron chi connectivity index (χ3n) is 6.54. The molecule has 1 aromatic carbocycles. The minimum Gasteiger partial charge on any atom is -0.508 e. The number of likely N-dealkylation sites (tertiary alicyclic amines) is 1. The number of rotatable bonds is 5. The zero-order valence-corrected chi connectivity index (χ0v) is 17.0. The first-order valence-electron chi connectivity index (χ1n) is 10.7. The van der Waals surface area contributed by atoms with E-state index in [1.165, 1.54) is 4.90 Å². The van der Waals surface area contributed by atoms with E-state index in [-0.39, 0.29) is 29.4 Å². The van der Waals surface area contributed by atoms with E-state index in [0.717, 1.165) is 35.9 Å². The number of carbonyl (C=O) groups excluding carboxylic acids is 2. The third-order valence-corrected chi connectivity index (χ3v) is 6.54. The van der Waals surface area contributed by atoms with Gasteiger partial charge in [0.1, 0.15) is 5.75 Å². The molecule has 0 bridgehead atoms.